The fraction of sp³-hybridized carbons (Fsp3) is 0. The Bertz CT molecular complexity index is 1040. The van der Waals surface area contributed by atoms with Gasteiger partial charge < -0.3 is 4.52 Å². The number of carbonyl (C=O) groups is 1. The predicted molar refractivity (Wildman–Crippen MR) is 101 cm³/mol. The van der Waals surface area contributed by atoms with Crippen molar-refractivity contribution in [2.75, 3.05) is 0 Å². The molecule has 25 heavy (non-hydrogen) atoms. The number of carbonyl (C=O) groups excluding carboxylic acids is 1. The summed E-state index contributed by atoms with van der Waals surface area (Å²) in [5.74, 6) is 0.383. The zero-order valence-electron chi connectivity index (χ0n) is 12.8. The number of benzene rings is 3. The van der Waals surface area contributed by atoms with Crippen LogP contribution in [0.15, 0.2) is 66.7 Å². The predicted octanol–water partition coefficient (Wildman–Crippen LogP) is 5.80. The molecule has 3 nitrogen and oxygen atoms in total. The van der Waals surface area contributed by atoms with Crippen molar-refractivity contribution >= 4 is 41.4 Å². The Morgan fingerprint density at radius 3 is 2.28 bits per heavy atom. The highest BCUT2D eigenvalue weighted by Gasteiger charge is 2.43. The first-order chi connectivity index (χ1) is 12.0. The summed E-state index contributed by atoms with van der Waals surface area (Å²) in [5, 5.41) is 1.42. The smallest absolute Gasteiger partial charge is 0.347 e. The van der Waals surface area contributed by atoms with E-state index in [1.54, 1.807) is 54.6 Å². The number of hydrogen-bond donors (Lipinski definition) is 0. The Hall–Kier alpha value is -2.06. The van der Waals surface area contributed by atoms with Crippen LogP contribution < -0.4 is 9.83 Å². The van der Waals surface area contributed by atoms with E-state index in [2.05, 4.69) is 0 Å². The summed E-state index contributed by atoms with van der Waals surface area (Å²) in [6.45, 7) is 0. The maximum absolute atomic E-state index is 13.7. The summed E-state index contributed by atoms with van der Waals surface area (Å²) in [6.07, 6.45) is 0. The SMILES string of the molecule is O=C(c1ccc(Cl)cc1)P1(=O)Oc2ccc(Cl)cc2-c2ccccc21. The normalized spacial score (nSPS) is 18.0. The molecule has 0 fully saturated rings. The van der Waals surface area contributed by atoms with Crippen LogP contribution in [0.1, 0.15) is 10.4 Å². The van der Waals surface area contributed by atoms with Crippen LogP contribution in [0.5, 0.6) is 5.75 Å². The third kappa shape index (κ3) is 2.69. The Balaban J connectivity index is 1.91. The lowest BCUT2D eigenvalue weighted by molar-refractivity contribution is 0.106. The molecular formula is C19H11Cl2O3P. The number of fused-ring (bicyclic) bond motifs is 3. The minimum Gasteiger partial charge on any atom is -0.434 e. The molecule has 1 heterocycles. The maximum atomic E-state index is 13.7. The van der Waals surface area contributed by atoms with Gasteiger partial charge in [0.1, 0.15) is 5.75 Å². The summed E-state index contributed by atoms with van der Waals surface area (Å²) >= 11 is 12.0. The molecular weight excluding hydrogens is 378 g/mol. The van der Waals surface area contributed by atoms with Crippen molar-refractivity contribution in [2.24, 2.45) is 0 Å². The Kier molecular flexibility index (Phi) is 3.96. The third-order valence-electron chi connectivity index (χ3n) is 4.04. The van der Waals surface area contributed by atoms with Crippen molar-refractivity contribution in [2.45, 2.75) is 0 Å². The molecule has 0 bridgehead atoms. The van der Waals surface area contributed by atoms with E-state index in [0.717, 1.165) is 5.56 Å². The van der Waals surface area contributed by atoms with E-state index in [-0.39, 0.29) is 0 Å². The number of hydrogen-bond acceptors (Lipinski definition) is 3. The molecule has 0 saturated carbocycles. The Labute approximate surface area is 154 Å². The van der Waals surface area contributed by atoms with Crippen molar-refractivity contribution in [3.8, 4) is 16.9 Å². The van der Waals surface area contributed by atoms with Crippen LogP contribution in [0.2, 0.25) is 10.0 Å². The lowest BCUT2D eigenvalue weighted by atomic mass is 10.0. The molecule has 1 aliphatic heterocycles. The molecule has 1 unspecified atom stereocenters. The van der Waals surface area contributed by atoms with E-state index in [9.17, 15) is 9.36 Å². The molecule has 1 aliphatic rings. The monoisotopic (exact) mass is 388 g/mol. The van der Waals surface area contributed by atoms with Crippen LogP contribution in [0.4, 0.5) is 0 Å². The van der Waals surface area contributed by atoms with Crippen LogP contribution in [-0.2, 0) is 4.57 Å². The van der Waals surface area contributed by atoms with Gasteiger partial charge >= 0.3 is 7.37 Å². The van der Waals surface area contributed by atoms with Crippen LogP contribution in [0.3, 0.4) is 0 Å². The van der Waals surface area contributed by atoms with Crippen LogP contribution in [-0.4, -0.2) is 5.52 Å². The highest BCUT2D eigenvalue weighted by Crippen LogP contribution is 2.56. The lowest BCUT2D eigenvalue weighted by Gasteiger charge is -2.27. The average molecular weight is 389 g/mol. The average Bonchev–Trinajstić information content (AvgIpc) is 2.63. The van der Waals surface area contributed by atoms with Gasteiger partial charge in [-0.15, -0.1) is 0 Å². The number of rotatable bonds is 2. The van der Waals surface area contributed by atoms with Gasteiger partial charge in [0.15, 0.2) is 0 Å². The van der Waals surface area contributed by atoms with E-state index in [4.69, 9.17) is 27.7 Å². The zero-order valence-corrected chi connectivity index (χ0v) is 15.2. The topological polar surface area (TPSA) is 43.4 Å². The summed E-state index contributed by atoms with van der Waals surface area (Å²) in [4.78, 5) is 13.0. The number of halogens is 2. The summed E-state index contributed by atoms with van der Waals surface area (Å²) in [6, 6.07) is 18.3. The maximum Gasteiger partial charge on any atom is 0.347 e. The van der Waals surface area contributed by atoms with Gasteiger partial charge in [-0.05, 0) is 54.1 Å². The molecule has 0 aromatic heterocycles. The van der Waals surface area contributed by atoms with E-state index >= 15 is 0 Å². The highest BCUT2D eigenvalue weighted by atomic mass is 35.5. The van der Waals surface area contributed by atoms with Crippen molar-refractivity contribution in [1.82, 2.24) is 0 Å². The minimum absolute atomic E-state index is 0.292. The molecule has 1 atom stereocenters. The van der Waals surface area contributed by atoms with Gasteiger partial charge in [-0.25, -0.2) is 0 Å². The third-order valence-corrected chi connectivity index (χ3v) is 6.80. The van der Waals surface area contributed by atoms with Crippen LogP contribution >= 0.6 is 30.6 Å². The molecule has 3 aromatic carbocycles. The molecule has 6 heteroatoms. The minimum atomic E-state index is -3.80. The van der Waals surface area contributed by atoms with Gasteiger partial charge in [-0.1, -0.05) is 41.4 Å². The second-order valence-electron chi connectivity index (χ2n) is 5.61. The van der Waals surface area contributed by atoms with Gasteiger partial charge in [-0.2, -0.15) is 0 Å². The Morgan fingerprint density at radius 2 is 1.52 bits per heavy atom. The van der Waals surface area contributed by atoms with Crippen LogP contribution in [0, 0.1) is 0 Å². The summed E-state index contributed by atoms with van der Waals surface area (Å²) in [7, 11) is -3.80. The first kappa shape index (κ1) is 16.4. The molecule has 0 amide bonds. The lowest BCUT2D eigenvalue weighted by Crippen LogP contribution is -2.23. The van der Waals surface area contributed by atoms with E-state index < -0.39 is 12.9 Å². The fourth-order valence-corrected chi connectivity index (χ4v) is 5.27. The van der Waals surface area contributed by atoms with E-state index in [0.29, 0.717) is 32.2 Å². The second kappa shape index (κ2) is 6.03. The molecule has 4 rings (SSSR count). The first-order valence-corrected chi connectivity index (χ1v) is 9.87. The molecule has 3 aromatic rings. The molecule has 124 valence electrons. The van der Waals surface area contributed by atoms with E-state index in [1.807, 2.05) is 12.1 Å². The zero-order chi connectivity index (χ0) is 17.6. The largest absolute Gasteiger partial charge is 0.434 e. The standard InChI is InChI=1S/C19H11Cl2O3P/c20-13-7-5-12(6-8-13)19(22)25(23)18-4-2-1-3-15(18)16-11-14(21)9-10-17(16)24-25/h1-11H. The van der Waals surface area contributed by atoms with Gasteiger partial charge in [-0.3, -0.25) is 9.36 Å². The van der Waals surface area contributed by atoms with Gasteiger partial charge in [0.2, 0.25) is 0 Å². The van der Waals surface area contributed by atoms with Crippen molar-refractivity contribution in [3.63, 3.8) is 0 Å². The van der Waals surface area contributed by atoms with Gasteiger partial charge in [0, 0.05) is 21.2 Å². The molecule has 0 spiro atoms. The van der Waals surface area contributed by atoms with Gasteiger partial charge in [0.25, 0.3) is 5.52 Å². The van der Waals surface area contributed by atoms with Gasteiger partial charge in [0.05, 0.1) is 5.30 Å². The quantitative estimate of drug-likeness (QED) is 0.521. The molecule has 0 saturated heterocycles. The molecule has 0 N–H and O–H groups in total. The first-order valence-electron chi connectivity index (χ1n) is 7.49. The fourth-order valence-electron chi connectivity index (χ4n) is 2.85. The van der Waals surface area contributed by atoms with Crippen LogP contribution in [0.25, 0.3) is 11.1 Å². The summed E-state index contributed by atoms with van der Waals surface area (Å²) < 4.78 is 19.4. The summed E-state index contributed by atoms with van der Waals surface area (Å²) in [5.41, 5.74) is 1.15. The molecule has 0 aliphatic carbocycles. The highest BCUT2D eigenvalue weighted by molar-refractivity contribution is 7.84. The van der Waals surface area contributed by atoms with Crippen molar-refractivity contribution in [1.29, 1.82) is 0 Å². The molecule has 0 radical (unpaired) electrons. The van der Waals surface area contributed by atoms with E-state index in [1.165, 1.54) is 0 Å². The Morgan fingerprint density at radius 1 is 0.840 bits per heavy atom. The van der Waals surface area contributed by atoms with Crippen molar-refractivity contribution < 1.29 is 13.9 Å². The van der Waals surface area contributed by atoms with Crippen molar-refractivity contribution in [3.05, 3.63) is 82.3 Å². The second-order valence-corrected chi connectivity index (χ2v) is 8.66.